The average molecular weight is 402 g/mol. The van der Waals surface area contributed by atoms with Crippen LogP contribution in [-0.2, 0) is 15.7 Å². The van der Waals surface area contributed by atoms with Crippen molar-refractivity contribution >= 4 is 23.6 Å². The van der Waals surface area contributed by atoms with Gasteiger partial charge in [-0.05, 0) is 32.9 Å². The number of alkyl carbamates (subject to hydrolysis) is 1. The Morgan fingerprint density at radius 2 is 2.04 bits per heavy atom. The van der Waals surface area contributed by atoms with Crippen LogP contribution in [0.2, 0.25) is 0 Å². The van der Waals surface area contributed by atoms with Crippen LogP contribution < -0.4 is 16.1 Å². The van der Waals surface area contributed by atoms with Gasteiger partial charge >= 0.3 is 18.4 Å². The van der Waals surface area contributed by atoms with Gasteiger partial charge in [-0.15, -0.1) is 0 Å². The zero-order chi connectivity index (χ0) is 20.9. The third-order valence-corrected chi connectivity index (χ3v) is 3.41. The summed E-state index contributed by atoms with van der Waals surface area (Å²) in [4.78, 5) is 22.5. The lowest BCUT2D eigenvalue weighted by Gasteiger charge is -2.20. The number of hydrogen-bond donors (Lipinski definition) is 3. The molecule has 154 valence electrons. The van der Waals surface area contributed by atoms with E-state index in [-0.39, 0.29) is 36.7 Å². The molecule has 0 saturated heterocycles. The number of halogens is 3. The second-order valence-electron chi connectivity index (χ2n) is 6.94. The largest absolute Gasteiger partial charge is 0.448 e. The molecule has 1 aliphatic heterocycles. The standard InChI is InChI=1S/C17H21F3N4O4/c1-16(2,3)22-14(25)27-7-6-21-12-5-4-10(8-11(12)17(18,19)20)13-9-28-15(26)24-23-13/h4-5,8,21H,6-7,9H2,1-3H3,(H,22,25)(H,24,26). The fraction of sp³-hybridized carbons (Fsp3) is 0.471. The number of amides is 2. The normalized spacial score (nSPS) is 14.5. The summed E-state index contributed by atoms with van der Waals surface area (Å²) in [5.74, 6) is 0. The average Bonchev–Trinajstić information content (AvgIpc) is 2.57. The van der Waals surface area contributed by atoms with Crippen LogP contribution in [0.15, 0.2) is 23.3 Å². The van der Waals surface area contributed by atoms with Gasteiger partial charge in [-0.1, -0.05) is 6.07 Å². The van der Waals surface area contributed by atoms with Crippen LogP contribution in [0.25, 0.3) is 0 Å². The minimum absolute atomic E-state index is 0.0138. The zero-order valence-electron chi connectivity index (χ0n) is 15.6. The number of cyclic esters (lactones) is 1. The Morgan fingerprint density at radius 3 is 2.61 bits per heavy atom. The number of hydrogen-bond acceptors (Lipinski definition) is 6. The van der Waals surface area contributed by atoms with Gasteiger partial charge in [0.1, 0.15) is 18.9 Å². The zero-order valence-corrected chi connectivity index (χ0v) is 15.6. The van der Waals surface area contributed by atoms with E-state index in [1.54, 1.807) is 20.8 Å². The smallest absolute Gasteiger partial charge is 0.428 e. The van der Waals surface area contributed by atoms with Gasteiger partial charge in [-0.25, -0.2) is 15.0 Å². The van der Waals surface area contributed by atoms with Crippen LogP contribution in [0.3, 0.4) is 0 Å². The molecule has 0 fully saturated rings. The van der Waals surface area contributed by atoms with Crippen molar-refractivity contribution in [1.82, 2.24) is 10.7 Å². The number of nitrogens with one attached hydrogen (secondary N) is 3. The maximum absolute atomic E-state index is 13.4. The summed E-state index contributed by atoms with van der Waals surface area (Å²) in [5, 5.41) is 8.88. The third kappa shape index (κ3) is 6.32. The summed E-state index contributed by atoms with van der Waals surface area (Å²) in [6.07, 6.45) is -6.05. The number of ether oxygens (including phenoxy) is 2. The predicted molar refractivity (Wildman–Crippen MR) is 95.2 cm³/mol. The van der Waals surface area contributed by atoms with Crippen LogP contribution in [0.1, 0.15) is 31.9 Å². The molecule has 8 nitrogen and oxygen atoms in total. The number of carbonyl (C=O) groups is 2. The molecule has 0 saturated carbocycles. The van der Waals surface area contributed by atoms with Crippen molar-refractivity contribution in [3.8, 4) is 0 Å². The van der Waals surface area contributed by atoms with E-state index in [4.69, 9.17) is 9.47 Å². The molecule has 2 amide bonds. The molecule has 0 atom stereocenters. The lowest BCUT2D eigenvalue weighted by molar-refractivity contribution is -0.137. The minimum Gasteiger partial charge on any atom is -0.448 e. The van der Waals surface area contributed by atoms with Crippen molar-refractivity contribution in [2.75, 3.05) is 25.1 Å². The molecule has 0 bridgehead atoms. The Labute approximate surface area is 159 Å². The van der Waals surface area contributed by atoms with Gasteiger partial charge < -0.3 is 20.1 Å². The lowest BCUT2D eigenvalue weighted by Crippen LogP contribution is -2.41. The Kier molecular flexibility index (Phi) is 6.37. The van der Waals surface area contributed by atoms with Gasteiger partial charge in [0.15, 0.2) is 0 Å². The van der Waals surface area contributed by atoms with Gasteiger partial charge in [-0.2, -0.15) is 18.3 Å². The molecule has 0 radical (unpaired) electrons. The molecular weight excluding hydrogens is 381 g/mol. The van der Waals surface area contributed by atoms with Crippen molar-refractivity contribution in [2.45, 2.75) is 32.5 Å². The highest BCUT2D eigenvalue weighted by Gasteiger charge is 2.34. The number of hydrazone groups is 1. The number of alkyl halides is 3. The first-order chi connectivity index (χ1) is 13.0. The van der Waals surface area contributed by atoms with E-state index in [1.165, 1.54) is 12.1 Å². The summed E-state index contributed by atoms with van der Waals surface area (Å²) in [6, 6.07) is 3.58. The van der Waals surface area contributed by atoms with E-state index in [0.717, 1.165) is 6.07 Å². The Balaban J connectivity index is 2.04. The van der Waals surface area contributed by atoms with Gasteiger partial charge in [0.05, 0.1) is 5.56 Å². The molecule has 0 aliphatic carbocycles. The Morgan fingerprint density at radius 1 is 1.32 bits per heavy atom. The topological polar surface area (TPSA) is 101 Å². The maximum atomic E-state index is 13.4. The lowest BCUT2D eigenvalue weighted by atomic mass is 10.0. The van der Waals surface area contributed by atoms with Crippen molar-refractivity contribution < 1.29 is 32.2 Å². The third-order valence-electron chi connectivity index (χ3n) is 3.41. The SMILES string of the molecule is CC(C)(C)NC(=O)OCCNc1ccc(C2=NNC(=O)OC2)cc1C(F)(F)F. The molecule has 28 heavy (non-hydrogen) atoms. The van der Waals surface area contributed by atoms with Crippen molar-refractivity contribution in [2.24, 2.45) is 5.10 Å². The Bertz CT molecular complexity index is 773. The Hall–Kier alpha value is -2.98. The van der Waals surface area contributed by atoms with E-state index >= 15 is 0 Å². The molecule has 1 aromatic rings. The van der Waals surface area contributed by atoms with Crippen LogP contribution in [0.5, 0.6) is 0 Å². The van der Waals surface area contributed by atoms with Crippen LogP contribution in [0, 0.1) is 0 Å². The molecule has 11 heteroatoms. The fourth-order valence-corrected chi connectivity index (χ4v) is 2.24. The van der Waals surface area contributed by atoms with E-state index in [0.29, 0.717) is 0 Å². The molecule has 2 rings (SSSR count). The van der Waals surface area contributed by atoms with Gasteiger partial charge in [0, 0.05) is 23.3 Å². The molecule has 0 aromatic heterocycles. The molecule has 1 aliphatic rings. The van der Waals surface area contributed by atoms with Gasteiger partial charge in [0.2, 0.25) is 0 Å². The van der Waals surface area contributed by atoms with E-state index in [1.807, 2.05) is 5.43 Å². The number of carbonyl (C=O) groups excluding carboxylic acids is 2. The number of rotatable bonds is 5. The minimum atomic E-state index is -4.62. The first-order valence-corrected chi connectivity index (χ1v) is 8.35. The molecule has 1 aromatic carbocycles. The maximum Gasteiger partial charge on any atom is 0.428 e. The monoisotopic (exact) mass is 402 g/mol. The second-order valence-corrected chi connectivity index (χ2v) is 6.94. The number of anilines is 1. The second kappa shape index (κ2) is 8.36. The fourth-order valence-electron chi connectivity index (χ4n) is 2.24. The van der Waals surface area contributed by atoms with Crippen LogP contribution in [0.4, 0.5) is 28.4 Å². The van der Waals surface area contributed by atoms with Crippen molar-refractivity contribution in [3.63, 3.8) is 0 Å². The summed E-state index contributed by atoms with van der Waals surface area (Å²) in [5.41, 5.74) is 0.819. The predicted octanol–water partition coefficient (Wildman–Crippen LogP) is 3.09. The molecule has 0 unspecified atom stereocenters. The summed E-state index contributed by atoms with van der Waals surface area (Å²) >= 11 is 0. The van der Waals surface area contributed by atoms with Crippen molar-refractivity contribution in [1.29, 1.82) is 0 Å². The summed E-state index contributed by atoms with van der Waals surface area (Å²) < 4.78 is 49.8. The van der Waals surface area contributed by atoms with E-state index in [2.05, 4.69) is 15.7 Å². The highest BCUT2D eigenvalue weighted by molar-refractivity contribution is 6.04. The van der Waals surface area contributed by atoms with Gasteiger partial charge in [0.25, 0.3) is 0 Å². The highest BCUT2D eigenvalue weighted by atomic mass is 19.4. The quantitative estimate of drug-likeness (QED) is 0.657. The molecular formula is C17H21F3N4O4. The number of nitrogens with zero attached hydrogens (tertiary/aromatic N) is 1. The van der Waals surface area contributed by atoms with Crippen LogP contribution in [-0.4, -0.2) is 43.2 Å². The number of benzene rings is 1. The first-order valence-electron chi connectivity index (χ1n) is 8.35. The summed E-state index contributed by atoms with van der Waals surface area (Å²) in [7, 11) is 0. The van der Waals surface area contributed by atoms with E-state index in [9.17, 15) is 22.8 Å². The highest BCUT2D eigenvalue weighted by Crippen LogP contribution is 2.35. The first kappa shape index (κ1) is 21.3. The van der Waals surface area contributed by atoms with Gasteiger partial charge in [-0.3, -0.25) is 0 Å². The van der Waals surface area contributed by atoms with Crippen molar-refractivity contribution in [3.05, 3.63) is 29.3 Å². The molecule has 0 spiro atoms. The summed E-state index contributed by atoms with van der Waals surface area (Å²) in [6.45, 7) is 4.96. The van der Waals surface area contributed by atoms with E-state index < -0.39 is 29.5 Å². The van der Waals surface area contributed by atoms with Crippen LogP contribution >= 0.6 is 0 Å². The molecule has 1 heterocycles. The molecule has 3 N–H and O–H groups in total.